The maximum Gasteiger partial charge on any atom is 0.0525 e. The van der Waals surface area contributed by atoms with Crippen molar-refractivity contribution in [1.29, 1.82) is 0 Å². The van der Waals surface area contributed by atoms with Crippen LogP contribution in [0.2, 0.25) is 0 Å². The van der Waals surface area contributed by atoms with Crippen molar-refractivity contribution in [2.24, 2.45) is 17.3 Å². The van der Waals surface area contributed by atoms with Crippen molar-refractivity contribution >= 4 is 0 Å². The Morgan fingerprint density at radius 1 is 1.62 bits per heavy atom. The second-order valence-electron chi connectivity index (χ2n) is 4.95. The first-order chi connectivity index (χ1) is 6.15. The summed E-state index contributed by atoms with van der Waals surface area (Å²) in [5.41, 5.74) is 2.07. The third kappa shape index (κ3) is 1.43. The summed E-state index contributed by atoms with van der Waals surface area (Å²) >= 11 is 0. The van der Waals surface area contributed by atoms with E-state index < -0.39 is 0 Å². The minimum atomic E-state index is 0.445. The molecule has 2 bridgehead atoms. The molecule has 2 rings (SSSR count). The van der Waals surface area contributed by atoms with Crippen molar-refractivity contribution in [2.45, 2.75) is 33.6 Å². The maximum absolute atomic E-state index is 5.58. The van der Waals surface area contributed by atoms with Gasteiger partial charge in [0.05, 0.1) is 6.61 Å². The summed E-state index contributed by atoms with van der Waals surface area (Å²) in [4.78, 5) is 0. The van der Waals surface area contributed by atoms with Crippen LogP contribution < -0.4 is 0 Å². The summed E-state index contributed by atoms with van der Waals surface area (Å²) in [6.45, 7) is 8.56. The Bertz CT molecular complexity index is 231. The van der Waals surface area contributed by atoms with Crippen molar-refractivity contribution in [3.05, 3.63) is 11.6 Å². The lowest BCUT2D eigenvalue weighted by Gasteiger charge is -2.32. The van der Waals surface area contributed by atoms with Crippen molar-refractivity contribution in [3.8, 4) is 0 Å². The lowest BCUT2D eigenvalue weighted by molar-refractivity contribution is 0.0451. The lowest BCUT2D eigenvalue weighted by atomic mass is 9.77. The van der Waals surface area contributed by atoms with Crippen LogP contribution in [0.25, 0.3) is 0 Å². The molecule has 0 spiro atoms. The zero-order chi connectivity index (χ0) is 9.47. The quantitative estimate of drug-likeness (QED) is 0.607. The van der Waals surface area contributed by atoms with E-state index in [-0.39, 0.29) is 0 Å². The van der Waals surface area contributed by atoms with E-state index >= 15 is 0 Å². The van der Waals surface area contributed by atoms with Crippen LogP contribution in [-0.2, 0) is 4.74 Å². The average molecular weight is 180 g/mol. The number of allylic oxidation sites excluding steroid dienone is 2. The Labute approximate surface area is 81.2 Å². The summed E-state index contributed by atoms with van der Waals surface area (Å²) in [6, 6.07) is 0. The zero-order valence-electron chi connectivity index (χ0n) is 8.97. The molecule has 1 saturated carbocycles. The molecule has 0 radical (unpaired) electrons. The monoisotopic (exact) mass is 180 g/mol. The van der Waals surface area contributed by atoms with Gasteiger partial charge in [-0.2, -0.15) is 0 Å². The molecule has 3 atom stereocenters. The van der Waals surface area contributed by atoms with Crippen LogP contribution in [0.4, 0.5) is 0 Å². The maximum atomic E-state index is 5.58. The molecule has 0 N–H and O–H groups in total. The first-order valence-corrected chi connectivity index (χ1v) is 5.42. The Hall–Kier alpha value is -0.300. The summed E-state index contributed by atoms with van der Waals surface area (Å²) in [5, 5.41) is 0. The molecule has 2 aliphatic carbocycles. The van der Waals surface area contributed by atoms with Gasteiger partial charge in [0.1, 0.15) is 0 Å². The van der Waals surface area contributed by atoms with Gasteiger partial charge in [-0.3, -0.25) is 0 Å². The molecule has 0 saturated heterocycles. The van der Waals surface area contributed by atoms with Crippen LogP contribution in [-0.4, -0.2) is 13.2 Å². The fourth-order valence-electron chi connectivity index (χ4n) is 2.96. The van der Waals surface area contributed by atoms with Crippen LogP contribution in [0.1, 0.15) is 33.6 Å². The number of hydrogen-bond acceptors (Lipinski definition) is 1. The van der Waals surface area contributed by atoms with Gasteiger partial charge < -0.3 is 4.74 Å². The smallest absolute Gasteiger partial charge is 0.0525 e. The van der Waals surface area contributed by atoms with Gasteiger partial charge in [-0.05, 0) is 43.9 Å². The van der Waals surface area contributed by atoms with Crippen LogP contribution >= 0.6 is 0 Å². The summed E-state index contributed by atoms with van der Waals surface area (Å²) < 4.78 is 5.58. The number of fused-ring (bicyclic) bond motifs is 2. The van der Waals surface area contributed by atoms with Crippen LogP contribution in [0, 0.1) is 17.3 Å². The molecule has 74 valence electrons. The van der Waals surface area contributed by atoms with E-state index in [4.69, 9.17) is 4.74 Å². The van der Waals surface area contributed by atoms with Gasteiger partial charge in [0.25, 0.3) is 0 Å². The highest BCUT2D eigenvalue weighted by Crippen LogP contribution is 2.54. The minimum Gasteiger partial charge on any atom is -0.381 e. The predicted octanol–water partition coefficient (Wildman–Crippen LogP) is 3.02. The van der Waals surface area contributed by atoms with Crippen LogP contribution in [0.5, 0.6) is 0 Å². The second-order valence-corrected chi connectivity index (χ2v) is 4.95. The number of ether oxygens (including phenoxy) is 1. The lowest BCUT2D eigenvalue weighted by Crippen LogP contribution is -2.28. The molecular formula is C12H20O. The fourth-order valence-corrected chi connectivity index (χ4v) is 2.96. The highest BCUT2D eigenvalue weighted by atomic mass is 16.5. The van der Waals surface area contributed by atoms with Crippen LogP contribution in [0.3, 0.4) is 0 Å². The van der Waals surface area contributed by atoms with Gasteiger partial charge in [0, 0.05) is 6.61 Å². The highest BCUT2D eigenvalue weighted by Gasteiger charge is 2.46. The molecule has 1 heteroatoms. The van der Waals surface area contributed by atoms with Crippen molar-refractivity contribution < 1.29 is 4.74 Å². The molecule has 13 heavy (non-hydrogen) atoms. The molecular weight excluding hydrogens is 160 g/mol. The van der Waals surface area contributed by atoms with Gasteiger partial charge in [0.2, 0.25) is 0 Å². The van der Waals surface area contributed by atoms with E-state index in [9.17, 15) is 0 Å². The van der Waals surface area contributed by atoms with Crippen LogP contribution in [0.15, 0.2) is 11.6 Å². The molecule has 0 amide bonds. The van der Waals surface area contributed by atoms with Gasteiger partial charge in [0.15, 0.2) is 0 Å². The largest absolute Gasteiger partial charge is 0.381 e. The van der Waals surface area contributed by atoms with Gasteiger partial charge >= 0.3 is 0 Å². The summed E-state index contributed by atoms with van der Waals surface area (Å²) in [7, 11) is 0. The SMILES string of the molecule is CCOCC1(C)CC2CC1C=C2C. The Morgan fingerprint density at radius 2 is 2.38 bits per heavy atom. The van der Waals surface area contributed by atoms with E-state index in [1.54, 1.807) is 5.57 Å². The highest BCUT2D eigenvalue weighted by molar-refractivity contribution is 5.22. The van der Waals surface area contributed by atoms with E-state index in [0.717, 1.165) is 25.0 Å². The Balaban J connectivity index is 2.03. The van der Waals surface area contributed by atoms with Gasteiger partial charge in [-0.15, -0.1) is 0 Å². The zero-order valence-corrected chi connectivity index (χ0v) is 8.97. The standard InChI is InChI=1S/C12H20O/c1-4-13-8-12(3)7-10-6-11(12)5-9(10)2/h5,10-11H,4,6-8H2,1-3H3. The molecule has 0 heterocycles. The first-order valence-electron chi connectivity index (χ1n) is 5.42. The molecule has 2 aliphatic rings. The molecule has 0 aromatic carbocycles. The Morgan fingerprint density at radius 3 is 2.85 bits per heavy atom. The summed E-state index contributed by atoms with van der Waals surface area (Å²) in [6.07, 6.45) is 5.21. The topological polar surface area (TPSA) is 9.23 Å². The minimum absolute atomic E-state index is 0.445. The Kier molecular flexibility index (Phi) is 2.23. The van der Waals surface area contributed by atoms with E-state index in [1.165, 1.54) is 12.8 Å². The third-order valence-corrected chi connectivity index (χ3v) is 3.89. The van der Waals surface area contributed by atoms with E-state index in [0.29, 0.717) is 5.41 Å². The van der Waals surface area contributed by atoms with Gasteiger partial charge in [-0.1, -0.05) is 18.6 Å². The number of rotatable bonds is 3. The van der Waals surface area contributed by atoms with E-state index in [2.05, 4.69) is 26.8 Å². The van der Waals surface area contributed by atoms with Gasteiger partial charge in [-0.25, -0.2) is 0 Å². The summed E-state index contributed by atoms with van der Waals surface area (Å²) in [5.74, 6) is 1.67. The average Bonchev–Trinajstić information content (AvgIpc) is 2.58. The first kappa shape index (κ1) is 9.26. The predicted molar refractivity (Wildman–Crippen MR) is 54.6 cm³/mol. The molecule has 0 aliphatic heterocycles. The molecule has 0 aromatic heterocycles. The second kappa shape index (κ2) is 3.13. The van der Waals surface area contributed by atoms with Crippen molar-refractivity contribution in [2.75, 3.05) is 13.2 Å². The molecule has 1 nitrogen and oxygen atoms in total. The molecule has 1 fully saturated rings. The third-order valence-electron chi connectivity index (χ3n) is 3.89. The van der Waals surface area contributed by atoms with Crippen molar-refractivity contribution in [1.82, 2.24) is 0 Å². The molecule has 0 aromatic rings. The fraction of sp³-hybridized carbons (Fsp3) is 0.833. The molecule has 3 unspecified atom stereocenters. The normalized spacial score (nSPS) is 42.5. The number of hydrogen-bond donors (Lipinski definition) is 0. The van der Waals surface area contributed by atoms with E-state index in [1.807, 2.05) is 0 Å². The van der Waals surface area contributed by atoms with Crippen molar-refractivity contribution in [3.63, 3.8) is 0 Å².